The zero-order valence-corrected chi connectivity index (χ0v) is 8.62. The van der Waals surface area contributed by atoms with Crippen molar-refractivity contribution in [1.82, 2.24) is 9.55 Å². The Hall–Kier alpha value is -1.31. The van der Waals surface area contributed by atoms with Crippen molar-refractivity contribution in [3.8, 4) is 0 Å². The van der Waals surface area contributed by atoms with E-state index in [0.717, 1.165) is 17.9 Å². The van der Waals surface area contributed by atoms with Crippen molar-refractivity contribution in [2.75, 3.05) is 0 Å². The van der Waals surface area contributed by atoms with Gasteiger partial charge < -0.3 is 4.57 Å². The minimum absolute atomic E-state index is 0.683. The summed E-state index contributed by atoms with van der Waals surface area (Å²) < 4.78 is 2.35. The largest absolute Gasteiger partial charge is 0.328 e. The maximum atomic E-state index is 4.58. The molecule has 0 N–H and O–H groups in total. The minimum Gasteiger partial charge on any atom is -0.328 e. The van der Waals surface area contributed by atoms with Crippen LogP contribution >= 0.6 is 0 Å². The fraction of sp³-hybridized carbons (Fsp3) is 0.417. The van der Waals surface area contributed by atoms with Crippen LogP contribution in [0.4, 0.5) is 0 Å². The summed E-state index contributed by atoms with van der Waals surface area (Å²) in [5.41, 5.74) is 3.99. The van der Waals surface area contributed by atoms with Crippen LogP contribution in [0.25, 0.3) is 11.0 Å². The van der Waals surface area contributed by atoms with Crippen LogP contribution in [0.2, 0.25) is 0 Å². The van der Waals surface area contributed by atoms with Gasteiger partial charge in [-0.05, 0) is 30.9 Å². The zero-order chi connectivity index (χ0) is 9.71. The van der Waals surface area contributed by atoms with Crippen molar-refractivity contribution in [3.05, 3.63) is 29.6 Å². The summed E-state index contributed by atoms with van der Waals surface area (Å²) in [6.07, 6.45) is 1.24. The third-order valence-corrected chi connectivity index (χ3v) is 3.31. The molecular formula is C12H14N2. The summed E-state index contributed by atoms with van der Waals surface area (Å²) in [5, 5.41) is 0. The third kappa shape index (κ3) is 0.884. The maximum Gasteiger partial charge on any atom is 0.106 e. The number of aromatic nitrogens is 2. The molecule has 72 valence electrons. The summed E-state index contributed by atoms with van der Waals surface area (Å²) in [6.45, 7) is 5.53. The molecule has 0 radical (unpaired) electrons. The lowest BCUT2D eigenvalue weighted by Gasteiger charge is -2.21. The molecule has 0 bridgehead atoms. The van der Waals surface area contributed by atoms with Gasteiger partial charge in [0, 0.05) is 6.54 Å². The van der Waals surface area contributed by atoms with Crippen molar-refractivity contribution in [2.24, 2.45) is 0 Å². The second-order valence-corrected chi connectivity index (χ2v) is 4.22. The van der Waals surface area contributed by atoms with Crippen LogP contribution in [0.5, 0.6) is 0 Å². The van der Waals surface area contributed by atoms with Crippen molar-refractivity contribution >= 4 is 11.0 Å². The van der Waals surface area contributed by atoms with Gasteiger partial charge in [0.05, 0.1) is 11.0 Å². The van der Waals surface area contributed by atoms with E-state index in [2.05, 4.69) is 41.6 Å². The van der Waals surface area contributed by atoms with E-state index in [-0.39, 0.29) is 0 Å². The smallest absolute Gasteiger partial charge is 0.106 e. The molecule has 2 heterocycles. The first-order chi connectivity index (χ1) is 6.77. The lowest BCUT2D eigenvalue weighted by atomic mass is 9.94. The Kier molecular flexibility index (Phi) is 1.49. The van der Waals surface area contributed by atoms with Crippen LogP contribution in [0, 0.1) is 6.92 Å². The summed E-state index contributed by atoms with van der Waals surface area (Å²) >= 11 is 0. The molecule has 1 aromatic carbocycles. The van der Waals surface area contributed by atoms with Gasteiger partial charge in [0.1, 0.15) is 5.82 Å². The highest BCUT2D eigenvalue weighted by atomic mass is 15.1. The molecule has 0 saturated heterocycles. The lowest BCUT2D eigenvalue weighted by Crippen LogP contribution is -2.11. The zero-order valence-electron chi connectivity index (χ0n) is 8.62. The van der Waals surface area contributed by atoms with E-state index >= 15 is 0 Å². The summed E-state index contributed by atoms with van der Waals surface area (Å²) in [4.78, 5) is 4.58. The fourth-order valence-corrected chi connectivity index (χ4v) is 2.48. The van der Waals surface area contributed by atoms with E-state index in [9.17, 15) is 0 Å². The first-order valence-electron chi connectivity index (χ1n) is 5.23. The second-order valence-electron chi connectivity index (χ2n) is 4.22. The van der Waals surface area contributed by atoms with Gasteiger partial charge in [-0.25, -0.2) is 4.98 Å². The van der Waals surface area contributed by atoms with Crippen LogP contribution < -0.4 is 0 Å². The Labute approximate surface area is 83.6 Å². The maximum absolute atomic E-state index is 4.58. The molecule has 2 nitrogen and oxygen atoms in total. The Morgan fingerprint density at radius 3 is 3.14 bits per heavy atom. The van der Waals surface area contributed by atoms with Crippen LogP contribution in [-0.4, -0.2) is 9.55 Å². The molecule has 1 atom stereocenters. The first-order valence-corrected chi connectivity index (χ1v) is 5.23. The van der Waals surface area contributed by atoms with Crippen LogP contribution in [0.15, 0.2) is 18.2 Å². The predicted molar refractivity (Wildman–Crippen MR) is 57.5 cm³/mol. The predicted octanol–water partition coefficient (Wildman–Crippen LogP) is 2.85. The number of rotatable bonds is 0. The van der Waals surface area contributed by atoms with Crippen molar-refractivity contribution in [2.45, 2.75) is 32.7 Å². The molecule has 0 amide bonds. The average molecular weight is 186 g/mol. The number of para-hydroxylation sites is 1. The van der Waals surface area contributed by atoms with Crippen molar-refractivity contribution in [1.29, 1.82) is 0 Å². The second kappa shape index (κ2) is 2.59. The van der Waals surface area contributed by atoms with Crippen molar-refractivity contribution in [3.63, 3.8) is 0 Å². The summed E-state index contributed by atoms with van der Waals surface area (Å²) in [7, 11) is 0. The Balaban J connectivity index is 2.47. The van der Waals surface area contributed by atoms with Crippen LogP contribution in [0.3, 0.4) is 0 Å². The molecule has 1 aliphatic heterocycles. The minimum atomic E-state index is 0.683. The number of hydrogen-bond donors (Lipinski definition) is 0. The van der Waals surface area contributed by atoms with E-state index in [1.807, 2.05) is 0 Å². The molecule has 3 rings (SSSR count). The van der Waals surface area contributed by atoms with Gasteiger partial charge in [-0.3, -0.25) is 0 Å². The molecular weight excluding hydrogens is 172 g/mol. The van der Waals surface area contributed by atoms with E-state index in [1.165, 1.54) is 17.5 Å². The Morgan fingerprint density at radius 1 is 1.43 bits per heavy atom. The average Bonchev–Trinajstić information content (AvgIpc) is 2.50. The topological polar surface area (TPSA) is 17.8 Å². The molecule has 0 unspecified atom stereocenters. The Bertz CT molecular complexity index is 496. The van der Waals surface area contributed by atoms with Crippen LogP contribution in [0.1, 0.15) is 30.7 Å². The van der Waals surface area contributed by atoms with Gasteiger partial charge in [0.2, 0.25) is 0 Å². The fourth-order valence-electron chi connectivity index (χ4n) is 2.48. The van der Waals surface area contributed by atoms with Crippen LogP contribution in [-0.2, 0) is 6.54 Å². The first kappa shape index (κ1) is 8.04. The number of hydrogen-bond acceptors (Lipinski definition) is 1. The highest BCUT2D eigenvalue weighted by molar-refractivity contribution is 5.80. The van der Waals surface area contributed by atoms with E-state index < -0.39 is 0 Å². The number of nitrogens with zero attached hydrogens (tertiary/aromatic N) is 2. The third-order valence-electron chi connectivity index (χ3n) is 3.31. The monoisotopic (exact) mass is 186 g/mol. The van der Waals surface area contributed by atoms with Gasteiger partial charge in [-0.15, -0.1) is 0 Å². The number of imidazole rings is 1. The highest BCUT2D eigenvalue weighted by Crippen LogP contribution is 2.33. The highest BCUT2D eigenvalue weighted by Gasteiger charge is 2.20. The van der Waals surface area contributed by atoms with Gasteiger partial charge in [0.15, 0.2) is 0 Å². The molecule has 1 aromatic heterocycles. The standard InChI is InChI=1S/C12H14N2/c1-8-6-7-14-9(2)13-11-5-3-4-10(8)12(11)14/h3-5,8H,6-7H2,1-2H3/t8-/m1/s1. The molecule has 0 saturated carbocycles. The summed E-state index contributed by atoms with van der Waals surface area (Å²) in [6, 6.07) is 6.47. The molecule has 2 heteroatoms. The quantitative estimate of drug-likeness (QED) is 0.618. The summed E-state index contributed by atoms with van der Waals surface area (Å²) in [5.74, 6) is 1.83. The molecule has 14 heavy (non-hydrogen) atoms. The normalized spacial score (nSPS) is 20.3. The van der Waals surface area contributed by atoms with E-state index in [4.69, 9.17) is 0 Å². The van der Waals surface area contributed by atoms with Crippen molar-refractivity contribution < 1.29 is 0 Å². The van der Waals surface area contributed by atoms with Gasteiger partial charge in [-0.1, -0.05) is 19.1 Å². The number of benzene rings is 1. The van der Waals surface area contributed by atoms with Gasteiger partial charge in [-0.2, -0.15) is 0 Å². The SMILES string of the molecule is Cc1nc2cccc3c2n1CC[C@H]3C. The van der Waals surface area contributed by atoms with Gasteiger partial charge in [0.25, 0.3) is 0 Å². The number of aryl methyl sites for hydroxylation is 2. The molecule has 0 fully saturated rings. The van der Waals surface area contributed by atoms with E-state index in [0.29, 0.717) is 5.92 Å². The van der Waals surface area contributed by atoms with Gasteiger partial charge >= 0.3 is 0 Å². The Morgan fingerprint density at radius 2 is 2.29 bits per heavy atom. The molecule has 2 aromatic rings. The molecule has 0 aliphatic carbocycles. The molecule has 0 spiro atoms. The lowest BCUT2D eigenvalue weighted by molar-refractivity contribution is 0.551. The van der Waals surface area contributed by atoms with E-state index in [1.54, 1.807) is 0 Å². The molecule has 1 aliphatic rings.